The minimum absolute atomic E-state index is 0.139. The molecule has 5 rings (SSSR count). The number of amides is 4. The van der Waals surface area contributed by atoms with Crippen LogP contribution in [0.15, 0.2) is 96.0 Å². The number of aromatic nitrogens is 1. The molecule has 0 saturated carbocycles. The first kappa shape index (κ1) is 36.9. The Kier molecular flexibility index (Phi) is 12.2. The average molecular weight is 714 g/mol. The van der Waals surface area contributed by atoms with Gasteiger partial charge in [0.25, 0.3) is 5.91 Å². The number of carbonyl (C=O) groups excluding carboxylic acids is 4. The van der Waals surface area contributed by atoms with Crippen molar-refractivity contribution in [3.8, 4) is 0 Å². The van der Waals surface area contributed by atoms with Crippen molar-refractivity contribution in [3.05, 3.63) is 108 Å². The van der Waals surface area contributed by atoms with Crippen LogP contribution in [-0.4, -0.2) is 79.2 Å². The van der Waals surface area contributed by atoms with E-state index in [4.69, 9.17) is 0 Å². The van der Waals surface area contributed by atoms with Crippen LogP contribution in [0.4, 0.5) is 0 Å². The molecule has 262 valence electrons. The van der Waals surface area contributed by atoms with Gasteiger partial charge in [-0.2, -0.15) is 0 Å². The molecular weight excluding hydrogens is 671 g/mol. The number of hydrogen-bond acceptors (Lipinski definition) is 8. The predicted octanol–water partition coefficient (Wildman–Crippen LogP) is 4.22. The van der Waals surface area contributed by atoms with Crippen LogP contribution >= 0.6 is 23.5 Å². The van der Waals surface area contributed by atoms with Gasteiger partial charge in [-0.05, 0) is 56.0 Å². The summed E-state index contributed by atoms with van der Waals surface area (Å²) in [5.74, 6) is -1.57. The lowest BCUT2D eigenvalue weighted by Gasteiger charge is -2.33. The van der Waals surface area contributed by atoms with Crippen molar-refractivity contribution < 1.29 is 24.3 Å². The number of rotatable bonds is 13. The molecule has 1 aliphatic heterocycles. The van der Waals surface area contributed by atoms with Crippen LogP contribution in [0, 0.1) is 6.92 Å². The zero-order chi connectivity index (χ0) is 35.8. The normalized spacial score (nSPS) is 17.1. The lowest BCUT2D eigenvalue weighted by Crippen LogP contribution is -2.60. The molecule has 1 saturated heterocycles. The van der Waals surface area contributed by atoms with E-state index in [1.54, 1.807) is 0 Å². The van der Waals surface area contributed by atoms with Gasteiger partial charge in [-0.1, -0.05) is 78.9 Å². The van der Waals surface area contributed by atoms with E-state index in [-0.39, 0.29) is 24.0 Å². The third kappa shape index (κ3) is 9.23. The first-order valence-electron chi connectivity index (χ1n) is 16.5. The molecule has 4 atom stereocenters. The third-order valence-electron chi connectivity index (χ3n) is 8.72. The van der Waals surface area contributed by atoms with Crippen LogP contribution in [0.3, 0.4) is 0 Å². The monoisotopic (exact) mass is 713 g/mol. The highest BCUT2D eigenvalue weighted by atomic mass is 32.2. The Balaban J connectivity index is 1.33. The molecule has 12 heteroatoms. The summed E-state index contributed by atoms with van der Waals surface area (Å²) in [4.78, 5) is 59.8. The predicted molar refractivity (Wildman–Crippen MR) is 198 cm³/mol. The van der Waals surface area contributed by atoms with Crippen LogP contribution < -0.4 is 16.0 Å². The number of hydrogen-bond donors (Lipinski definition) is 4. The van der Waals surface area contributed by atoms with Gasteiger partial charge in [0.2, 0.25) is 17.7 Å². The minimum atomic E-state index is -1.67. The summed E-state index contributed by atoms with van der Waals surface area (Å²) in [7, 11) is 0. The Morgan fingerprint density at radius 1 is 0.960 bits per heavy atom. The summed E-state index contributed by atoms with van der Waals surface area (Å²) in [5, 5.41) is 21.9. The molecule has 0 unspecified atom stereocenters. The molecule has 1 fully saturated rings. The van der Waals surface area contributed by atoms with E-state index in [0.29, 0.717) is 11.6 Å². The van der Waals surface area contributed by atoms with Gasteiger partial charge in [0.1, 0.15) is 12.1 Å². The van der Waals surface area contributed by atoms with Gasteiger partial charge in [0, 0.05) is 29.4 Å². The van der Waals surface area contributed by atoms with Crippen LogP contribution in [0.1, 0.15) is 37.5 Å². The quantitative estimate of drug-likeness (QED) is 0.151. The fourth-order valence-electron chi connectivity index (χ4n) is 5.96. The molecule has 0 radical (unpaired) electrons. The first-order valence-corrected chi connectivity index (χ1v) is 18.4. The zero-order valence-corrected chi connectivity index (χ0v) is 30.2. The van der Waals surface area contributed by atoms with Gasteiger partial charge in [-0.3, -0.25) is 19.2 Å². The third-order valence-corrected chi connectivity index (χ3v) is 11.1. The maximum absolute atomic E-state index is 14.1. The van der Waals surface area contributed by atoms with Crippen LogP contribution in [0.25, 0.3) is 10.9 Å². The maximum Gasteiger partial charge on any atom is 0.254 e. The molecule has 50 heavy (non-hydrogen) atoms. The van der Waals surface area contributed by atoms with Gasteiger partial charge in [0.05, 0.1) is 22.5 Å². The largest absolute Gasteiger partial charge is 0.381 e. The highest BCUT2D eigenvalue weighted by Gasteiger charge is 2.49. The standard InChI is InChI=1S/C38H43N5O5S2/c1-24-12-8-9-16-28(24)21-39-36(47)34-38(3,4)50-23-43(34)37(48)33(45)30(20-26-13-6-5-7-14-26)42-35(46)31(40-25(2)44)22-49-32-19-18-27-15-10-11-17-29(27)41-32/h5-19,30-31,33-34,45H,20-23H2,1-4H3,(H,39,47)(H,40,44)(H,42,46)/t30-,31+,33-,34+/m0/s1. The Bertz CT molecular complexity index is 1840. The van der Waals surface area contributed by atoms with Crippen molar-refractivity contribution in [2.24, 2.45) is 0 Å². The molecule has 0 aliphatic carbocycles. The molecule has 4 N–H and O–H groups in total. The van der Waals surface area contributed by atoms with Gasteiger partial charge < -0.3 is 26.0 Å². The average Bonchev–Trinajstić information content (AvgIpc) is 3.43. The first-order chi connectivity index (χ1) is 23.9. The number of thioether (sulfide) groups is 2. The number of para-hydroxylation sites is 1. The Labute approximate surface area is 301 Å². The number of aliphatic hydroxyl groups is 1. The van der Waals surface area contributed by atoms with Crippen molar-refractivity contribution >= 4 is 58.1 Å². The van der Waals surface area contributed by atoms with E-state index in [9.17, 15) is 24.3 Å². The van der Waals surface area contributed by atoms with Crippen molar-refractivity contribution in [1.29, 1.82) is 0 Å². The summed E-state index contributed by atoms with van der Waals surface area (Å²) in [6.45, 7) is 7.41. The number of pyridine rings is 1. The Hall–Kier alpha value is -4.39. The number of carbonyl (C=O) groups is 4. The molecule has 3 aromatic carbocycles. The highest BCUT2D eigenvalue weighted by Crippen LogP contribution is 2.40. The highest BCUT2D eigenvalue weighted by molar-refractivity contribution is 8.01. The van der Waals surface area contributed by atoms with E-state index in [1.165, 1.54) is 35.3 Å². The molecule has 4 aromatic rings. The van der Waals surface area contributed by atoms with E-state index in [2.05, 4.69) is 20.9 Å². The van der Waals surface area contributed by atoms with Crippen LogP contribution in [0.5, 0.6) is 0 Å². The van der Waals surface area contributed by atoms with E-state index in [0.717, 1.165) is 27.6 Å². The minimum Gasteiger partial charge on any atom is -0.381 e. The zero-order valence-electron chi connectivity index (χ0n) is 28.6. The summed E-state index contributed by atoms with van der Waals surface area (Å²) in [6.07, 6.45) is -1.53. The van der Waals surface area contributed by atoms with Crippen LogP contribution in [0.2, 0.25) is 0 Å². The second-order valence-corrected chi connectivity index (χ2v) is 15.5. The van der Waals surface area contributed by atoms with Gasteiger partial charge in [-0.15, -0.1) is 23.5 Å². The summed E-state index contributed by atoms with van der Waals surface area (Å²) in [5.41, 5.74) is 3.61. The Morgan fingerprint density at radius 2 is 1.66 bits per heavy atom. The summed E-state index contributed by atoms with van der Waals surface area (Å²) < 4.78 is -0.631. The van der Waals surface area contributed by atoms with Crippen LogP contribution in [-0.2, 0) is 32.1 Å². The van der Waals surface area contributed by atoms with Gasteiger partial charge in [-0.25, -0.2) is 4.98 Å². The molecule has 10 nitrogen and oxygen atoms in total. The number of aryl methyl sites for hydroxylation is 1. The van der Waals surface area contributed by atoms with Gasteiger partial charge in [0.15, 0.2) is 6.10 Å². The number of nitrogens with one attached hydrogen (secondary N) is 3. The summed E-state index contributed by atoms with van der Waals surface area (Å²) >= 11 is 2.77. The summed E-state index contributed by atoms with van der Waals surface area (Å²) in [6, 6.07) is 25.6. The van der Waals surface area contributed by atoms with Gasteiger partial charge >= 0.3 is 0 Å². The number of benzene rings is 3. The molecular formula is C38H43N5O5S2. The number of nitrogens with zero attached hydrogens (tertiary/aromatic N) is 2. The van der Waals surface area contributed by atoms with E-state index < -0.39 is 46.7 Å². The van der Waals surface area contributed by atoms with Crippen molar-refractivity contribution in [2.75, 3.05) is 11.6 Å². The second kappa shape index (κ2) is 16.5. The number of fused-ring (bicyclic) bond motifs is 1. The fourth-order valence-corrected chi connectivity index (χ4v) is 8.00. The number of aliphatic hydroxyl groups excluding tert-OH is 1. The van der Waals surface area contributed by atoms with Crippen molar-refractivity contribution in [1.82, 2.24) is 25.8 Å². The molecule has 1 aromatic heterocycles. The maximum atomic E-state index is 14.1. The lowest BCUT2D eigenvalue weighted by atomic mass is 9.97. The van der Waals surface area contributed by atoms with Crippen molar-refractivity contribution in [3.63, 3.8) is 0 Å². The smallest absolute Gasteiger partial charge is 0.254 e. The lowest BCUT2D eigenvalue weighted by molar-refractivity contribution is -0.148. The molecule has 0 bridgehead atoms. The molecule has 0 spiro atoms. The molecule has 4 amide bonds. The second-order valence-electron chi connectivity index (χ2n) is 12.9. The molecule has 1 aliphatic rings. The van der Waals surface area contributed by atoms with E-state index in [1.807, 2.05) is 112 Å². The van der Waals surface area contributed by atoms with Crippen molar-refractivity contribution in [2.45, 2.75) is 74.7 Å². The SMILES string of the molecule is CC(=O)N[C@H](CSc1ccc2ccccc2n1)C(=O)N[C@@H](Cc1ccccc1)[C@H](O)C(=O)N1CSC(C)(C)[C@H]1C(=O)NCc1ccccc1C. The topological polar surface area (TPSA) is 141 Å². The fraction of sp³-hybridized carbons (Fsp3) is 0.342. The Morgan fingerprint density at radius 3 is 2.40 bits per heavy atom. The van der Waals surface area contributed by atoms with E-state index >= 15 is 0 Å². The molecule has 2 heterocycles.